The van der Waals surface area contributed by atoms with Gasteiger partial charge >= 0.3 is 0 Å². The highest BCUT2D eigenvalue weighted by Gasteiger charge is 2.24. The molecule has 2 fully saturated rings. The van der Waals surface area contributed by atoms with E-state index in [1.54, 1.807) is 12.4 Å². The molecule has 3 rings (SSSR count). The van der Waals surface area contributed by atoms with Crippen LogP contribution in [0.15, 0.2) is 24.5 Å². The Bertz CT molecular complexity index is 409. The van der Waals surface area contributed by atoms with Gasteiger partial charge in [0.15, 0.2) is 6.29 Å². The van der Waals surface area contributed by atoms with Gasteiger partial charge in [0.05, 0.1) is 12.8 Å². The van der Waals surface area contributed by atoms with Crippen LogP contribution in [0, 0.1) is 0 Å². The molecule has 2 aliphatic heterocycles. The summed E-state index contributed by atoms with van der Waals surface area (Å²) in [5.41, 5.74) is 0. The Kier molecular flexibility index (Phi) is 5.43. The number of rotatable bonds is 6. The summed E-state index contributed by atoms with van der Waals surface area (Å²) in [4.78, 5) is 6.47. The average molecular weight is 292 g/mol. The van der Waals surface area contributed by atoms with Gasteiger partial charge in [-0.15, -0.1) is 0 Å². The Balaban J connectivity index is 1.33. The summed E-state index contributed by atoms with van der Waals surface area (Å²) >= 11 is 0. The predicted molar refractivity (Wildman–Crippen MR) is 79.3 cm³/mol. The maximum absolute atomic E-state index is 5.93. The first-order valence-corrected chi connectivity index (χ1v) is 7.92. The van der Waals surface area contributed by atoms with E-state index in [0.29, 0.717) is 0 Å². The van der Waals surface area contributed by atoms with Crippen molar-refractivity contribution in [3.8, 4) is 5.75 Å². The Morgan fingerprint density at radius 1 is 1.33 bits per heavy atom. The van der Waals surface area contributed by atoms with Crippen molar-refractivity contribution in [3.05, 3.63) is 24.5 Å². The minimum atomic E-state index is 0.0174. The fourth-order valence-corrected chi connectivity index (χ4v) is 2.86. The molecule has 3 heterocycles. The minimum Gasteiger partial charge on any atom is -0.487 e. The second-order valence-electron chi connectivity index (χ2n) is 5.68. The smallest absolute Gasteiger partial charge is 0.157 e. The SMILES string of the molecule is c1cncc(O[C@H]2CCN(CCO[C@H]3CCCCO3)C2)c1. The monoisotopic (exact) mass is 292 g/mol. The van der Waals surface area contributed by atoms with E-state index in [1.807, 2.05) is 12.1 Å². The quantitative estimate of drug-likeness (QED) is 0.803. The standard InChI is InChI=1S/C16H24N2O3/c1-2-10-19-16(5-1)20-11-9-18-8-6-15(13-18)21-14-4-3-7-17-12-14/h3-4,7,12,15-16H,1-2,5-6,8-11,13H2/t15-,16-/m0/s1. The van der Waals surface area contributed by atoms with Crippen LogP contribution in [0.25, 0.3) is 0 Å². The van der Waals surface area contributed by atoms with Crippen LogP contribution >= 0.6 is 0 Å². The summed E-state index contributed by atoms with van der Waals surface area (Å²) in [7, 11) is 0. The normalized spacial score (nSPS) is 26.9. The summed E-state index contributed by atoms with van der Waals surface area (Å²) in [6, 6.07) is 3.86. The van der Waals surface area contributed by atoms with E-state index in [-0.39, 0.29) is 12.4 Å². The molecule has 0 aromatic carbocycles. The molecular weight excluding hydrogens is 268 g/mol. The molecule has 0 N–H and O–H groups in total. The molecule has 0 radical (unpaired) electrons. The van der Waals surface area contributed by atoms with E-state index in [0.717, 1.165) is 51.4 Å². The third-order valence-electron chi connectivity index (χ3n) is 4.02. The number of hydrogen-bond donors (Lipinski definition) is 0. The molecule has 2 saturated heterocycles. The van der Waals surface area contributed by atoms with Crippen LogP contribution in [-0.4, -0.2) is 55.1 Å². The number of likely N-dealkylation sites (tertiary alicyclic amines) is 1. The lowest BCUT2D eigenvalue weighted by Crippen LogP contribution is -2.30. The van der Waals surface area contributed by atoms with E-state index in [4.69, 9.17) is 14.2 Å². The zero-order chi connectivity index (χ0) is 14.3. The highest BCUT2D eigenvalue weighted by atomic mass is 16.7. The molecule has 2 aliphatic rings. The molecule has 116 valence electrons. The largest absolute Gasteiger partial charge is 0.487 e. The lowest BCUT2D eigenvalue weighted by molar-refractivity contribution is -0.163. The lowest BCUT2D eigenvalue weighted by atomic mass is 10.2. The van der Waals surface area contributed by atoms with Gasteiger partial charge in [-0.05, 0) is 37.8 Å². The highest BCUT2D eigenvalue weighted by molar-refractivity contribution is 5.16. The Morgan fingerprint density at radius 2 is 2.33 bits per heavy atom. The van der Waals surface area contributed by atoms with Crippen molar-refractivity contribution in [2.75, 3.05) is 32.8 Å². The van der Waals surface area contributed by atoms with Gasteiger partial charge < -0.3 is 14.2 Å². The number of ether oxygens (including phenoxy) is 3. The van der Waals surface area contributed by atoms with Crippen molar-refractivity contribution in [3.63, 3.8) is 0 Å². The van der Waals surface area contributed by atoms with Crippen LogP contribution in [0.2, 0.25) is 0 Å². The van der Waals surface area contributed by atoms with Crippen molar-refractivity contribution < 1.29 is 14.2 Å². The van der Waals surface area contributed by atoms with Crippen molar-refractivity contribution in [1.29, 1.82) is 0 Å². The highest BCUT2D eigenvalue weighted by Crippen LogP contribution is 2.17. The fraction of sp³-hybridized carbons (Fsp3) is 0.688. The second-order valence-corrected chi connectivity index (χ2v) is 5.68. The summed E-state index contributed by atoms with van der Waals surface area (Å²) in [5, 5.41) is 0. The molecular formula is C16H24N2O3. The van der Waals surface area contributed by atoms with E-state index >= 15 is 0 Å². The van der Waals surface area contributed by atoms with Gasteiger partial charge in [-0.2, -0.15) is 0 Å². The summed E-state index contributed by atoms with van der Waals surface area (Å²) in [6.07, 6.45) is 8.30. The summed E-state index contributed by atoms with van der Waals surface area (Å²) in [5.74, 6) is 0.858. The van der Waals surface area contributed by atoms with Crippen LogP contribution in [0.1, 0.15) is 25.7 Å². The van der Waals surface area contributed by atoms with Crippen LogP contribution in [0.4, 0.5) is 0 Å². The molecule has 0 saturated carbocycles. The third-order valence-corrected chi connectivity index (χ3v) is 4.02. The molecule has 5 heteroatoms. The van der Waals surface area contributed by atoms with Crippen molar-refractivity contribution in [2.24, 2.45) is 0 Å². The van der Waals surface area contributed by atoms with Gasteiger partial charge in [-0.1, -0.05) is 0 Å². The first-order chi connectivity index (χ1) is 10.4. The van der Waals surface area contributed by atoms with E-state index in [9.17, 15) is 0 Å². The molecule has 21 heavy (non-hydrogen) atoms. The molecule has 1 aromatic heterocycles. The molecule has 0 unspecified atom stereocenters. The summed E-state index contributed by atoms with van der Waals surface area (Å²) < 4.78 is 17.3. The zero-order valence-electron chi connectivity index (χ0n) is 12.4. The number of nitrogens with zero attached hydrogens (tertiary/aromatic N) is 2. The Hall–Kier alpha value is -1.17. The van der Waals surface area contributed by atoms with Crippen molar-refractivity contribution in [1.82, 2.24) is 9.88 Å². The predicted octanol–water partition coefficient (Wildman–Crippen LogP) is 2.08. The first-order valence-electron chi connectivity index (χ1n) is 7.92. The fourth-order valence-electron chi connectivity index (χ4n) is 2.86. The van der Waals surface area contributed by atoms with E-state index < -0.39 is 0 Å². The first kappa shape index (κ1) is 14.8. The number of hydrogen-bond acceptors (Lipinski definition) is 5. The molecule has 0 spiro atoms. The maximum atomic E-state index is 5.93. The number of pyridine rings is 1. The molecule has 0 aliphatic carbocycles. The van der Waals surface area contributed by atoms with Crippen LogP contribution in [0.5, 0.6) is 5.75 Å². The van der Waals surface area contributed by atoms with E-state index in [2.05, 4.69) is 9.88 Å². The summed E-state index contributed by atoms with van der Waals surface area (Å²) in [6.45, 7) is 4.57. The van der Waals surface area contributed by atoms with Gasteiger partial charge in [0.2, 0.25) is 0 Å². The molecule has 1 aromatic rings. The van der Waals surface area contributed by atoms with Crippen LogP contribution < -0.4 is 4.74 Å². The van der Waals surface area contributed by atoms with Gasteiger partial charge in [0, 0.05) is 32.4 Å². The Morgan fingerprint density at radius 3 is 3.14 bits per heavy atom. The van der Waals surface area contributed by atoms with Gasteiger partial charge in [-0.25, -0.2) is 0 Å². The molecule has 0 amide bonds. The average Bonchev–Trinajstić information content (AvgIpc) is 2.97. The molecule has 0 bridgehead atoms. The zero-order valence-corrected chi connectivity index (χ0v) is 12.4. The van der Waals surface area contributed by atoms with Crippen LogP contribution in [-0.2, 0) is 9.47 Å². The van der Waals surface area contributed by atoms with Gasteiger partial charge in [-0.3, -0.25) is 9.88 Å². The van der Waals surface area contributed by atoms with Gasteiger partial charge in [0.1, 0.15) is 11.9 Å². The minimum absolute atomic E-state index is 0.0174. The topological polar surface area (TPSA) is 43.8 Å². The number of aromatic nitrogens is 1. The Labute approximate surface area is 126 Å². The van der Waals surface area contributed by atoms with Gasteiger partial charge in [0.25, 0.3) is 0 Å². The maximum Gasteiger partial charge on any atom is 0.157 e. The van der Waals surface area contributed by atoms with Crippen molar-refractivity contribution in [2.45, 2.75) is 38.1 Å². The second kappa shape index (κ2) is 7.73. The third kappa shape index (κ3) is 4.66. The lowest BCUT2D eigenvalue weighted by Gasteiger charge is -2.24. The van der Waals surface area contributed by atoms with Crippen molar-refractivity contribution >= 4 is 0 Å². The van der Waals surface area contributed by atoms with E-state index in [1.165, 1.54) is 12.8 Å². The molecule has 5 nitrogen and oxygen atoms in total. The van der Waals surface area contributed by atoms with Crippen LogP contribution in [0.3, 0.4) is 0 Å². The molecule has 2 atom stereocenters.